The molecule has 1 aliphatic rings. The zero-order valence-corrected chi connectivity index (χ0v) is 15.1. The molecule has 0 spiro atoms. The van der Waals surface area contributed by atoms with Crippen LogP contribution in [0, 0.1) is 5.92 Å². The molecule has 24 heavy (non-hydrogen) atoms. The maximum atomic E-state index is 12.6. The normalized spacial score (nSPS) is 19.7. The first-order valence-electron chi connectivity index (χ1n) is 8.02. The predicted octanol–water partition coefficient (Wildman–Crippen LogP) is 0.0215. The fourth-order valence-electron chi connectivity index (χ4n) is 2.54. The molecule has 1 saturated heterocycles. The summed E-state index contributed by atoms with van der Waals surface area (Å²) in [5, 5.41) is 4.47. The lowest BCUT2D eigenvalue weighted by Crippen LogP contribution is -2.54. The van der Waals surface area contributed by atoms with Gasteiger partial charge in [-0.2, -0.15) is 0 Å². The Balaban J connectivity index is 2.84. The predicted molar refractivity (Wildman–Crippen MR) is 92.3 cm³/mol. The van der Waals surface area contributed by atoms with Gasteiger partial charge < -0.3 is 21.3 Å². The lowest BCUT2D eigenvalue weighted by molar-refractivity contribution is -0.141. The van der Waals surface area contributed by atoms with Crippen LogP contribution < -0.4 is 16.4 Å². The molecule has 0 aromatic carbocycles. The highest BCUT2D eigenvalue weighted by Gasteiger charge is 2.38. The van der Waals surface area contributed by atoms with E-state index in [0.717, 1.165) is 0 Å². The Morgan fingerprint density at radius 3 is 2.33 bits per heavy atom. The van der Waals surface area contributed by atoms with Gasteiger partial charge in [-0.3, -0.25) is 19.2 Å². The third-order valence-electron chi connectivity index (χ3n) is 4.21. The molecule has 8 nitrogen and oxygen atoms in total. The van der Waals surface area contributed by atoms with Gasteiger partial charge >= 0.3 is 0 Å². The van der Waals surface area contributed by atoms with Crippen LogP contribution in [0.1, 0.15) is 40.0 Å². The number of carbonyl (C=O) groups excluding carboxylic acids is 4. The lowest BCUT2D eigenvalue weighted by atomic mass is 10.1. The third kappa shape index (κ3) is 5.70. The smallest absolute Gasteiger partial charge is 0.276 e. The number of carbonyl (C=O) groups is 4. The van der Waals surface area contributed by atoms with Crippen LogP contribution in [0.25, 0.3) is 0 Å². The molecule has 1 heterocycles. The SMILES string of the molecule is CC(C)C(C)NC(=O)C1CCCN1C(=O)C(CC(N)=O)NC(=O)S. The van der Waals surface area contributed by atoms with Gasteiger partial charge in [0.2, 0.25) is 17.7 Å². The number of amides is 4. The molecule has 0 aromatic heterocycles. The summed E-state index contributed by atoms with van der Waals surface area (Å²) in [7, 11) is 0. The molecule has 1 fully saturated rings. The second kappa shape index (κ2) is 8.91. The maximum absolute atomic E-state index is 12.6. The number of nitrogens with one attached hydrogen (secondary N) is 2. The van der Waals surface area contributed by atoms with E-state index in [0.29, 0.717) is 19.4 Å². The highest BCUT2D eigenvalue weighted by atomic mass is 32.1. The van der Waals surface area contributed by atoms with Gasteiger partial charge in [-0.25, -0.2) is 0 Å². The van der Waals surface area contributed by atoms with E-state index in [1.807, 2.05) is 20.8 Å². The summed E-state index contributed by atoms with van der Waals surface area (Å²) in [5.41, 5.74) is 5.13. The minimum absolute atomic E-state index is 0.0198. The van der Waals surface area contributed by atoms with Crippen LogP contribution >= 0.6 is 12.6 Å². The number of hydrogen-bond donors (Lipinski definition) is 4. The molecular weight excluding hydrogens is 332 g/mol. The topological polar surface area (TPSA) is 122 Å². The Hall–Kier alpha value is -1.77. The van der Waals surface area contributed by atoms with Gasteiger partial charge in [0.1, 0.15) is 12.1 Å². The molecule has 136 valence electrons. The van der Waals surface area contributed by atoms with Gasteiger partial charge in [0.15, 0.2) is 0 Å². The van der Waals surface area contributed by atoms with Crippen LogP contribution in [0.2, 0.25) is 0 Å². The second-order valence-corrected chi connectivity index (χ2v) is 6.81. The van der Waals surface area contributed by atoms with E-state index in [2.05, 4.69) is 23.3 Å². The first kappa shape index (κ1) is 20.3. The number of nitrogens with zero attached hydrogens (tertiary/aromatic N) is 1. The summed E-state index contributed by atoms with van der Waals surface area (Å²) < 4.78 is 0. The summed E-state index contributed by atoms with van der Waals surface area (Å²) in [5.74, 6) is -1.17. The fourth-order valence-corrected chi connectivity index (χ4v) is 2.70. The molecular formula is C15H26N4O4S. The molecule has 3 unspecified atom stereocenters. The van der Waals surface area contributed by atoms with Gasteiger partial charge in [-0.15, -0.1) is 0 Å². The number of rotatable bonds is 7. The van der Waals surface area contributed by atoms with Crippen LogP contribution in [0.5, 0.6) is 0 Å². The van der Waals surface area contributed by atoms with Gasteiger partial charge in [-0.05, 0) is 25.7 Å². The van der Waals surface area contributed by atoms with Gasteiger partial charge in [0, 0.05) is 12.6 Å². The molecule has 1 rings (SSSR count). The third-order valence-corrected chi connectivity index (χ3v) is 4.34. The molecule has 9 heteroatoms. The van der Waals surface area contributed by atoms with Gasteiger partial charge in [0.25, 0.3) is 5.24 Å². The molecule has 3 atom stereocenters. The Morgan fingerprint density at radius 1 is 1.21 bits per heavy atom. The molecule has 0 bridgehead atoms. The van der Waals surface area contributed by atoms with E-state index in [4.69, 9.17) is 5.73 Å². The van der Waals surface area contributed by atoms with E-state index in [1.54, 1.807) is 0 Å². The summed E-state index contributed by atoms with van der Waals surface area (Å²) in [6.45, 7) is 6.28. The van der Waals surface area contributed by atoms with Crippen molar-refractivity contribution in [3.05, 3.63) is 0 Å². The first-order valence-corrected chi connectivity index (χ1v) is 8.46. The summed E-state index contributed by atoms with van der Waals surface area (Å²) in [6, 6.07) is -1.73. The van der Waals surface area contributed by atoms with Crippen LogP contribution in [0.4, 0.5) is 4.79 Å². The van der Waals surface area contributed by atoms with Crippen molar-refractivity contribution in [3.63, 3.8) is 0 Å². The van der Waals surface area contributed by atoms with Crippen molar-refractivity contribution < 1.29 is 19.2 Å². The van der Waals surface area contributed by atoms with Crippen molar-refractivity contribution in [1.29, 1.82) is 0 Å². The van der Waals surface area contributed by atoms with Crippen molar-refractivity contribution in [1.82, 2.24) is 15.5 Å². The summed E-state index contributed by atoms with van der Waals surface area (Å²) in [4.78, 5) is 48.8. The molecule has 4 amide bonds. The summed E-state index contributed by atoms with van der Waals surface area (Å²) >= 11 is 3.58. The van der Waals surface area contributed by atoms with Crippen LogP contribution in [-0.2, 0) is 14.4 Å². The van der Waals surface area contributed by atoms with Crippen LogP contribution in [0.3, 0.4) is 0 Å². The number of hydrogen-bond acceptors (Lipinski definition) is 4. The Labute approximate surface area is 147 Å². The monoisotopic (exact) mass is 358 g/mol. The van der Waals surface area contributed by atoms with E-state index in [-0.39, 0.29) is 24.3 Å². The fraction of sp³-hybridized carbons (Fsp3) is 0.733. The van der Waals surface area contributed by atoms with Crippen LogP contribution in [-0.4, -0.2) is 52.5 Å². The van der Waals surface area contributed by atoms with Crippen LogP contribution in [0.15, 0.2) is 0 Å². The molecule has 0 saturated carbocycles. The van der Waals surface area contributed by atoms with Crippen molar-refractivity contribution in [2.24, 2.45) is 11.7 Å². The first-order chi connectivity index (χ1) is 11.1. The molecule has 0 aliphatic carbocycles. The highest BCUT2D eigenvalue weighted by molar-refractivity contribution is 7.96. The number of likely N-dealkylation sites (tertiary alicyclic amines) is 1. The standard InChI is InChI=1S/C15H26N4O4S/c1-8(2)9(3)17-13(21)11-5-4-6-19(11)14(22)10(7-12(16)20)18-15(23)24/h8-11H,4-7H2,1-3H3,(H2,16,20)(H,17,21)(H2,18,23,24). The number of thiol groups is 1. The molecule has 1 aliphatic heterocycles. The number of primary amides is 1. The van der Waals surface area contributed by atoms with E-state index < -0.39 is 29.1 Å². The Bertz CT molecular complexity index is 496. The Kier molecular flexibility index (Phi) is 7.53. The minimum atomic E-state index is -1.11. The quantitative estimate of drug-likeness (QED) is 0.479. The number of nitrogens with two attached hydrogens (primary N) is 1. The summed E-state index contributed by atoms with van der Waals surface area (Å²) in [6.07, 6.45) is 0.886. The van der Waals surface area contributed by atoms with Gasteiger partial charge in [0.05, 0.1) is 6.42 Å². The van der Waals surface area contributed by atoms with Crippen molar-refractivity contribution in [2.45, 2.75) is 58.2 Å². The highest BCUT2D eigenvalue weighted by Crippen LogP contribution is 2.20. The van der Waals surface area contributed by atoms with Crippen molar-refractivity contribution in [3.8, 4) is 0 Å². The zero-order chi connectivity index (χ0) is 18.4. The lowest BCUT2D eigenvalue weighted by Gasteiger charge is -2.29. The molecule has 4 N–H and O–H groups in total. The van der Waals surface area contributed by atoms with E-state index in [9.17, 15) is 19.2 Å². The van der Waals surface area contributed by atoms with E-state index in [1.165, 1.54) is 4.90 Å². The molecule has 0 radical (unpaired) electrons. The maximum Gasteiger partial charge on any atom is 0.276 e. The molecule has 0 aromatic rings. The minimum Gasteiger partial charge on any atom is -0.370 e. The van der Waals surface area contributed by atoms with Crippen molar-refractivity contribution in [2.75, 3.05) is 6.54 Å². The Morgan fingerprint density at radius 2 is 1.83 bits per heavy atom. The van der Waals surface area contributed by atoms with E-state index >= 15 is 0 Å². The van der Waals surface area contributed by atoms with Gasteiger partial charge in [-0.1, -0.05) is 26.5 Å². The zero-order valence-electron chi connectivity index (χ0n) is 14.2. The average Bonchev–Trinajstić information content (AvgIpc) is 2.93. The largest absolute Gasteiger partial charge is 0.370 e. The average molecular weight is 358 g/mol. The second-order valence-electron chi connectivity index (χ2n) is 6.40. The van der Waals surface area contributed by atoms with Crippen molar-refractivity contribution >= 4 is 35.6 Å².